The molecule has 2 nitrogen and oxygen atoms in total. The summed E-state index contributed by atoms with van der Waals surface area (Å²) in [4.78, 5) is 4.61. The summed E-state index contributed by atoms with van der Waals surface area (Å²) in [5, 5.41) is 5.26. The molecular weight excluding hydrogens is 232 g/mol. The summed E-state index contributed by atoms with van der Waals surface area (Å²) in [6, 6.07) is 4.13. The lowest BCUT2D eigenvalue weighted by Gasteiger charge is -2.14. The van der Waals surface area contributed by atoms with E-state index in [1.165, 1.54) is 5.56 Å². The Morgan fingerprint density at radius 2 is 1.94 bits per heavy atom. The van der Waals surface area contributed by atoms with Crippen molar-refractivity contribution in [3.63, 3.8) is 0 Å². The Balaban J connectivity index is 2.86. The maximum atomic E-state index is 6.33. The van der Waals surface area contributed by atoms with Crippen LogP contribution in [0.5, 0.6) is 0 Å². The number of nitrogens with zero attached hydrogens (tertiary/aromatic N) is 1. The van der Waals surface area contributed by atoms with Crippen LogP contribution in [0.1, 0.15) is 23.7 Å². The molecule has 1 N–H and O–H groups in total. The number of aryl methyl sites for hydroxylation is 2. The van der Waals surface area contributed by atoms with Crippen LogP contribution >= 0.6 is 11.6 Å². The molecule has 90 valence electrons. The second kappa shape index (κ2) is 4.53. The third-order valence-electron chi connectivity index (χ3n) is 3.13. The number of fused-ring (bicyclic) bond motifs is 1. The van der Waals surface area contributed by atoms with Gasteiger partial charge in [0.1, 0.15) is 0 Å². The van der Waals surface area contributed by atoms with Crippen molar-refractivity contribution in [2.45, 2.75) is 27.7 Å². The van der Waals surface area contributed by atoms with Crippen molar-refractivity contribution in [2.24, 2.45) is 0 Å². The molecule has 0 aliphatic carbocycles. The number of hydrogen-bond donors (Lipinski definition) is 1. The number of benzene rings is 1. The molecule has 0 radical (unpaired) electrons. The highest BCUT2D eigenvalue weighted by atomic mass is 35.5. The molecule has 1 aromatic heterocycles. The zero-order valence-electron chi connectivity index (χ0n) is 10.7. The van der Waals surface area contributed by atoms with Crippen molar-refractivity contribution in [1.82, 2.24) is 4.98 Å². The van der Waals surface area contributed by atoms with E-state index in [0.717, 1.165) is 39.4 Å². The molecule has 1 heterocycles. The summed E-state index contributed by atoms with van der Waals surface area (Å²) in [6.45, 7) is 9.11. The van der Waals surface area contributed by atoms with Gasteiger partial charge in [0.05, 0.1) is 10.5 Å². The van der Waals surface area contributed by atoms with Crippen molar-refractivity contribution in [2.75, 3.05) is 11.9 Å². The van der Waals surface area contributed by atoms with E-state index in [1.807, 2.05) is 19.9 Å². The Labute approximate surface area is 107 Å². The van der Waals surface area contributed by atoms with Crippen LogP contribution < -0.4 is 5.32 Å². The normalized spacial score (nSPS) is 10.9. The van der Waals surface area contributed by atoms with Gasteiger partial charge in [0.25, 0.3) is 0 Å². The highest BCUT2D eigenvalue weighted by Crippen LogP contribution is 2.33. The van der Waals surface area contributed by atoms with Crippen LogP contribution in [0.25, 0.3) is 10.9 Å². The van der Waals surface area contributed by atoms with Gasteiger partial charge >= 0.3 is 0 Å². The Hall–Kier alpha value is -1.28. The molecule has 1 aromatic carbocycles. The lowest BCUT2D eigenvalue weighted by molar-refractivity contribution is 1.15. The molecule has 0 bridgehead atoms. The number of rotatable bonds is 2. The molecule has 0 fully saturated rings. The molecule has 2 aromatic rings. The zero-order valence-corrected chi connectivity index (χ0v) is 11.4. The Kier molecular flexibility index (Phi) is 3.25. The first-order valence-corrected chi connectivity index (χ1v) is 6.24. The molecule has 0 aliphatic rings. The maximum Gasteiger partial charge on any atom is 0.0914 e. The molecule has 0 saturated carbocycles. The van der Waals surface area contributed by atoms with Crippen LogP contribution in [0.3, 0.4) is 0 Å². The smallest absolute Gasteiger partial charge is 0.0914 e. The molecule has 0 unspecified atom stereocenters. The average molecular weight is 249 g/mol. The van der Waals surface area contributed by atoms with E-state index in [4.69, 9.17) is 11.6 Å². The van der Waals surface area contributed by atoms with Gasteiger partial charge in [0, 0.05) is 23.3 Å². The van der Waals surface area contributed by atoms with Gasteiger partial charge in [-0.25, -0.2) is 0 Å². The first-order chi connectivity index (χ1) is 8.06. The van der Waals surface area contributed by atoms with E-state index in [-0.39, 0.29) is 0 Å². The van der Waals surface area contributed by atoms with Crippen molar-refractivity contribution >= 4 is 28.2 Å². The average Bonchev–Trinajstić information content (AvgIpc) is 2.31. The van der Waals surface area contributed by atoms with Crippen LogP contribution in [0.2, 0.25) is 5.02 Å². The molecular formula is C14H17ClN2. The minimum absolute atomic E-state index is 0.754. The number of hydrogen-bond acceptors (Lipinski definition) is 2. The van der Waals surface area contributed by atoms with Gasteiger partial charge in [0.15, 0.2) is 0 Å². The molecule has 0 spiro atoms. The van der Waals surface area contributed by atoms with Gasteiger partial charge in [-0.3, -0.25) is 4.98 Å². The van der Waals surface area contributed by atoms with Gasteiger partial charge in [-0.15, -0.1) is 0 Å². The molecule has 0 atom stereocenters. The van der Waals surface area contributed by atoms with Crippen molar-refractivity contribution in [3.8, 4) is 0 Å². The SMILES string of the molecule is CCNc1c(C)c(C)nc2c(Cl)c(C)ccc12. The van der Waals surface area contributed by atoms with Crippen LogP contribution in [0.4, 0.5) is 5.69 Å². The first-order valence-electron chi connectivity index (χ1n) is 5.86. The van der Waals surface area contributed by atoms with Crippen molar-refractivity contribution in [3.05, 3.63) is 34.0 Å². The number of aromatic nitrogens is 1. The molecule has 17 heavy (non-hydrogen) atoms. The predicted octanol–water partition coefficient (Wildman–Crippen LogP) is 4.25. The lowest BCUT2D eigenvalue weighted by Crippen LogP contribution is -2.03. The van der Waals surface area contributed by atoms with E-state index in [9.17, 15) is 0 Å². The minimum atomic E-state index is 0.754. The van der Waals surface area contributed by atoms with Crippen LogP contribution in [-0.4, -0.2) is 11.5 Å². The summed E-state index contributed by atoms with van der Waals surface area (Å²) in [7, 11) is 0. The summed E-state index contributed by atoms with van der Waals surface area (Å²) in [5.41, 5.74) is 5.33. The van der Waals surface area contributed by atoms with Gasteiger partial charge in [-0.05, 0) is 38.8 Å². The van der Waals surface area contributed by atoms with Crippen LogP contribution in [0.15, 0.2) is 12.1 Å². The van der Waals surface area contributed by atoms with E-state index < -0.39 is 0 Å². The van der Waals surface area contributed by atoms with Crippen molar-refractivity contribution in [1.29, 1.82) is 0 Å². The van der Waals surface area contributed by atoms with E-state index in [2.05, 4.69) is 30.2 Å². The standard InChI is InChI=1S/C14H17ClN2/c1-5-16-13-9(3)10(4)17-14-11(13)7-6-8(2)12(14)15/h6-7H,5H2,1-4H3,(H,16,17). The summed E-state index contributed by atoms with van der Waals surface area (Å²) in [6.07, 6.45) is 0. The lowest BCUT2D eigenvalue weighted by atomic mass is 10.1. The topological polar surface area (TPSA) is 24.9 Å². The molecule has 0 aliphatic heterocycles. The number of pyridine rings is 1. The second-order valence-electron chi connectivity index (χ2n) is 4.32. The summed E-state index contributed by atoms with van der Waals surface area (Å²) in [5.74, 6) is 0. The van der Waals surface area contributed by atoms with Crippen LogP contribution in [0, 0.1) is 20.8 Å². The van der Waals surface area contributed by atoms with E-state index in [0.29, 0.717) is 0 Å². The third-order valence-corrected chi connectivity index (χ3v) is 3.61. The molecule has 2 rings (SSSR count). The fourth-order valence-electron chi connectivity index (χ4n) is 2.02. The van der Waals surface area contributed by atoms with Gasteiger partial charge < -0.3 is 5.32 Å². The molecule has 0 saturated heterocycles. The molecule has 0 amide bonds. The number of halogens is 1. The van der Waals surface area contributed by atoms with E-state index in [1.54, 1.807) is 0 Å². The van der Waals surface area contributed by atoms with E-state index >= 15 is 0 Å². The fourth-order valence-corrected chi connectivity index (χ4v) is 2.22. The summed E-state index contributed by atoms with van der Waals surface area (Å²) < 4.78 is 0. The summed E-state index contributed by atoms with van der Waals surface area (Å²) >= 11 is 6.33. The Morgan fingerprint density at radius 3 is 2.59 bits per heavy atom. The first kappa shape index (κ1) is 12.2. The maximum absolute atomic E-state index is 6.33. The minimum Gasteiger partial charge on any atom is -0.385 e. The Bertz CT molecular complexity index is 576. The Morgan fingerprint density at radius 1 is 1.24 bits per heavy atom. The number of anilines is 1. The largest absolute Gasteiger partial charge is 0.385 e. The predicted molar refractivity (Wildman–Crippen MR) is 75.1 cm³/mol. The van der Waals surface area contributed by atoms with Gasteiger partial charge in [-0.2, -0.15) is 0 Å². The zero-order chi connectivity index (χ0) is 12.6. The third kappa shape index (κ3) is 1.98. The van der Waals surface area contributed by atoms with Crippen molar-refractivity contribution < 1.29 is 0 Å². The van der Waals surface area contributed by atoms with Crippen LogP contribution in [-0.2, 0) is 0 Å². The van der Waals surface area contributed by atoms with Gasteiger partial charge in [0.2, 0.25) is 0 Å². The van der Waals surface area contributed by atoms with Gasteiger partial charge in [-0.1, -0.05) is 23.7 Å². The molecule has 3 heteroatoms. The highest BCUT2D eigenvalue weighted by molar-refractivity contribution is 6.36. The monoisotopic (exact) mass is 248 g/mol. The quantitative estimate of drug-likeness (QED) is 0.860. The second-order valence-corrected chi connectivity index (χ2v) is 4.70. The highest BCUT2D eigenvalue weighted by Gasteiger charge is 2.12. The number of nitrogens with one attached hydrogen (secondary N) is 1. The fraction of sp³-hybridized carbons (Fsp3) is 0.357.